The molecule has 1 aromatic carbocycles. The number of carbonyl (C=O) groups is 1. The van der Waals surface area contributed by atoms with Crippen molar-refractivity contribution in [3.05, 3.63) is 47.3 Å². The first-order valence-corrected chi connectivity index (χ1v) is 11.8. The van der Waals surface area contributed by atoms with E-state index in [0.29, 0.717) is 18.7 Å². The Labute approximate surface area is 164 Å². The SMILES string of the molecule is Cc1nn(-c2ccccc2)c(C)c1CN(C)C(=O)CSC1CCS(=O)(=O)C1. The zero-order chi connectivity index (χ0) is 19.6. The number of hydrogen-bond donors (Lipinski definition) is 0. The molecule has 27 heavy (non-hydrogen) atoms. The zero-order valence-corrected chi connectivity index (χ0v) is 17.5. The Morgan fingerprint density at radius 1 is 1.30 bits per heavy atom. The van der Waals surface area contributed by atoms with E-state index in [4.69, 9.17) is 0 Å². The highest BCUT2D eigenvalue weighted by Gasteiger charge is 2.29. The summed E-state index contributed by atoms with van der Waals surface area (Å²) in [4.78, 5) is 14.2. The number of benzene rings is 1. The number of para-hydroxylation sites is 1. The number of thioether (sulfide) groups is 1. The summed E-state index contributed by atoms with van der Waals surface area (Å²) in [6.07, 6.45) is 0.645. The molecule has 1 fully saturated rings. The molecule has 146 valence electrons. The van der Waals surface area contributed by atoms with Crippen LogP contribution in [0.25, 0.3) is 5.69 Å². The lowest BCUT2D eigenvalue weighted by molar-refractivity contribution is -0.127. The fourth-order valence-corrected chi connectivity index (χ4v) is 6.82. The smallest absolute Gasteiger partial charge is 0.232 e. The van der Waals surface area contributed by atoms with Gasteiger partial charge in [-0.25, -0.2) is 13.1 Å². The van der Waals surface area contributed by atoms with Gasteiger partial charge in [0.15, 0.2) is 9.84 Å². The normalized spacial score (nSPS) is 18.6. The van der Waals surface area contributed by atoms with E-state index in [1.807, 2.05) is 48.9 Å². The molecule has 1 saturated heterocycles. The lowest BCUT2D eigenvalue weighted by Crippen LogP contribution is -2.29. The van der Waals surface area contributed by atoms with Crippen LogP contribution >= 0.6 is 11.8 Å². The second-order valence-electron chi connectivity index (χ2n) is 6.98. The average molecular weight is 408 g/mol. The zero-order valence-electron chi connectivity index (χ0n) is 15.9. The first kappa shape index (κ1) is 19.9. The Balaban J connectivity index is 1.63. The van der Waals surface area contributed by atoms with Crippen molar-refractivity contribution in [1.29, 1.82) is 0 Å². The van der Waals surface area contributed by atoms with Crippen LogP contribution < -0.4 is 0 Å². The van der Waals surface area contributed by atoms with Gasteiger partial charge in [-0.15, -0.1) is 11.8 Å². The molecule has 6 nitrogen and oxygen atoms in total. The number of sulfone groups is 1. The molecular formula is C19H25N3O3S2. The van der Waals surface area contributed by atoms with Crippen LogP contribution in [0.5, 0.6) is 0 Å². The molecule has 1 atom stereocenters. The van der Waals surface area contributed by atoms with Gasteiger partial charge in [0.1, 0.15) is 0 Å². The van der Waals surface area contributed by atoms with Crippen LogP contribution in [0.15, 0.2) is 30.3 Å². The van der Waals surface area contributed by atoms with Gasteiger partial charge in [0, 0.05) is 30.1 Å². The van der Waals surface area contributed by atoms with Crippen molar-refractivity contribution in [2.45, 2.75) is 32.1 Å². The van der Waals surface area contributed by atoms with E-state index >= 15 is 0 Å². The van der Waals surface area contributed by atoms with Crippen LogP contribution in [-0.2, 0) is 21.2 Å². The largest absolute Gasteiger partial charge is 0.341 e. The molecule has 0 spiro atoms. The predicted octanol–water partition coefficient (Wildman–Crippen LogP) is 2.37. The van der Waals surface area contributed by atoms with Crippen LogP contribution in [0, 0.1) is 13.8 Å². The Morgan fingerprint density at radius 3 is 2.63 bits per heavy atom. The Bertz CT molecular complexity index is 923. The van der Waals surface area contributed by atoms with Crippen LogP contribution in [-0.4, -0.2) is 58.6 Å². The summed E-state index contributed by atoms with van der Waals surface area (Å²) in [6, 6.07) is 9.92. The third kappa shape index (κ3) is 4.73. The Hall–Kier alpha value is -1.80. The van der Waals surface area contributed by atoms with E-state index in [-0.39, 0.29) is 22.7 Å². The topological polar surface area (TPSA) is 72.3 Å². The van der Waals surface area contributed by atoms with Gasteiger partial charge in [-0.05, 0) is 32.4 Å². The Morgan fingerprint density at radius 2 is 2.00 bits per heavy atom. The van der Waals surface area contributed by atoms with Gasteiger partial charge in [0.05, 0.1) is 28.6 Å². The number of rotatable bonds is 6. The van der Waals surface area contributed by atoms with E-state index in [0.717, 1.165) is 22.6 Å². The molecule has 1 aromatic heterocycles. The molecule has 0 radical (unpaired) electrons. The summed E-state index contributed by atoms with van der Waals surface area (Å²) in [6.45, 7) is 4.46. The van der Waals surface area contributed by atoms with Crippen molar-refractivity contribution in [1.82, 2.24) is 14.7 Å². The van der Waals surface area contributed by atoms with Gasteiger partial charge >= 0.3 is 0 Å². The second kappa shape index (κ2) is 8.06. The molecular weight excluding hydrogens is 382 g/mol. The van der Waals surface area contributed by atoms with Crippen molar-refractivity contribution in [3.8, 4) is 5.69 Å². The van der Waals surface area contributed by atoms with Gasteiger partial charge in [-0.3, -0.25) is 4.79 Å². The number of amides is 1. The molecule has 3 rings (SSSR count). The van der Waals surface area contributed by atoms with Crippen molar-refractivity contribution in [2.75, 3.05) is 24.3 Å². The summed E-state index contributed by atoms with van der Waals surface area (Å²) in [5.41, 5.74) is 3.97. The summed E-state index contributed by atoms with van der Waals surface area (Å²) < 4.78 is 25.0. The maximum atomic E-state index is 12.5. The minimum absolute atomic E-state index is 0.00978. The Kier molecular flexibility index (Phi) is 5.95. The highest BCUT2D eigenvalue weighted by atomic mass is 32.2. The minimum Gasteiger partial charge on any atom is -0.341 e. The van der Waals surface area contributed by atoms with Gasteiger partial charge in [-0.1, -0.05) is 18.2 Å². The molecule has 1 amide bonds. The molecule has 0 bridgehead atoms. The molecule has 1 aliphatic rings. The number of aryl methyl sites for hydroxylation is 1. The lowest BCUT2D eigenvalue weighted by atomic mass is 10.2. The lowest BCUT2D eigenvalue weighted by Gasteiger charge is -2.18. The third-order valence-corrected chi connectivity index (χ3v) is 8.16. The quantitative estimate of drug-likeness (QED) is 0.735. The van der Waals surface area contributed by atoms with E-state index in [1.54, 1.807) is 11.9 Å². The monoisotopic (exact) mass is 407 g/mol. The van der Waals surface area contributed by atoms with Crippen molar-refractivity contribution in [3.63, 3.8) is 0 Å². The predicted molar refractivity (Wildman–Crippen MR) is 109 cm³/mol. The molecule has 0 saturated carbocycles. The maximum absolute atomic E-state index is 12.5. The van der Waals surface area contributed by atoms with E-state index < -0.39 is 9.84 Å². The molecule has 0 N–H and O–H groups in total. The van der Waals surface area contributed by atoms with Gasteiger partial charge in [0.2, 0.25) is 5.91 Å². The van der Waals surface area contributed by atoms with Crippen molar-refractivity contribution >= 4 is 27.5 Å². The fourth-order valence-electron chi connectivity index (χ4n) is 3.24. The number of carbonyl (C=O) groups excluding carboxylic acids is 1. The second-order valence-corrected chi connectivity index (χ2v) is 10.5. The summed E-state index contributed by atoms with van der Waals surface area (Å²) in [5.74, 6) is 0.750. The fraction of sp³-hybridized carbons (Fsp3) is 0.474. The highest BCUT2D eigenvalue weighted by Crippen LogP contribution is 2.25. The van der Waals surface area contributed by atoms with Crippen LogP contribution in [0.3, 0.4) is 0 Å². The van der Waals surface area contributed by atoms with E-state index in [9.17, 15) is 13.2 Å². The molecule has 1 aliphatic heterocycles. The van der Waals surface area contributed by atoms with E-state index in [2.05, 4.69) is 5.10 Å². The summed E-state index contributed by atoms with van der Waals surface area (Å²) in [7, 11) is -1.12. The minimum atomic E-state index is -2.90. The molecule has 2 aromatic rings. The first-order chi connectivity index (χ1) is 12.8. The number of nitrogens with zero attached hydrogens (tertiary/aromatic N) is 3. The third-order valence-electron chi connectivity index (χ3n) is 4.90. The summed E-state index contributed by atoms with van der Waals surface area (Å²) in [5, 5.41) is 4.66. The highest BCUT2D eigenvalue weighted by molar-refractivity contribution is 8.02. The van der Waals surface area contributed by atoms with Crippen LogP contribution in [0.1, 0.15) is 23.4 Å². The van der Waals surface area contributed by atoms with E-state index in [1.165, 1.54) is 11.8 Å². The molecule has 1 unspecified atom stereocenters. The van der Waals surface area contributed by atoms with Crippen LogP contribution in [0.4, 0.5) is 0 Å². The standard InChI is InChI=1S/C19H25N3O3S2/c1-14-18(15(2)22(20-14)16-7-5-4-6-8-16)11-21(3)19(23)12-26-17-9-10-27(24,25)13-17/h4-8,17H,9-13H2,1-3H3. The molecule has 0 aliphatic carbocycles. The van der Waals surface area contributed by atoms with Gasteiger partial charge in [-0.2, -0.15) is 5.10 Å². The molecule has 2 heterocycles. The van der Waals surface area contributed by atoms with Gasteiger partial charge in [0.25, 0.3) is 0 Å². The van der Waals surface area contributed by atoms with Gasteiger partial charge < -0.3 is 4.90 Å². The van der Waals surface area contributed by atoms with Crippen molar-refractivity contribution in [2.24, 2.45) is 0 Å². The van der Waals surface area contributed by atoms with Crippen LogP contribution in [0.2, 0.25) is 0 Å². The summed E-state index contributed by atoms with van der Waals surface area (Å²) >= 11 is 1.45. The van der Waals surface area contributed by atoms with Crippen molar-refractivity contribution < 1.29 is 13.2 Å². The average Bonchev–Trinajstić information content (AvgIpc) is 3.13. The maximum Gasteiger partial charge on any atom is 0.232 e. The molecule has 8 heteroatoms. The number of hydrogen-bond acceptors (Lipinski definition) is 5. The number of aromatic nitrogens is 2. The first-order valence-electron chi connectivity index (χ1n) is 8.93.